The van der Waals surface area contributed by atoms with Gasteiger partial charge in [0.25, 0.3) is 0 Å². The molecule has 2 rings (SSSR count). The van der Waals surface area contributed by atoms with Gasteiger partial charge in [-0.2, -0.15) is 5.10 Å². The van der Waals surface area contributed by atoms with Gasteiger partial charge in [-0.25, -0.2) is 0 Å². The summed E-state index contributed by atoms with van der Waals surface area (Å²) in [5, 5.41) is 4.65. The van der Waals surface area contributed by atoms with E-state index >= 15 is 0 Å². The van der Waals surface area contributed by atoms with Gasteiger partial charge in [-0.1, -0.05) is 22.9 Å². The Hall–Kier alpha value is -1.33. The van der Waals surface area contributed by atoms with Crippen LogP contribution in [0.1, 0.15) is 41.9 Å². The molecule has 4 nitrogen and oxygen atoms in total. The van der Waals surface area contributed by atoms with Crippen LogP contribution in [0.4, 0.5) is 0 Å². The summed E-state index contributed by atoms with van der Waals surface area (Å²) in [4.78, 5) is 0. The number of rotatable bonds is 5. The first-order valence-electron chi connectivity index (χ1n) is 7.09. The predicted molar refractivity (Wildman–Crippen MR) is 88.7 cm³/mol. The maximum atomic E-state index is 6.20. The van der Waals surface area contributed by atoms with E-state index in [1.54, 1.807) is 7.11 Å². The average molecular weight is 352 g/mol. The molecule has 1 atom stereocenters. The summed E-state index contributed by atoms with van der Waals surface area (Å²) < 4.78 is 8.36. The first kappa shape index (κ1) is 16.0. The second-order valence-electron chi connectivity index (χ2n) is 5.21. The van der Waals surface area contributed by atoms with Gasteiger partial charge >= 0.3 is 0 Å². The van der Waals surface area contributed by atoms with Crippen LogP contribution in [-0.2, 0) is 6.54 Å². The number of halogens is 1. The van der Waals surface area contributed by atoms with Gasteiger partial charge in [-0.05, 0) is 44.0 Å². The SMILES string of the molecule is CCC(N)c1c(C)nn(Cc2cc(OC)ccc2Br)c1C. The molecule has 0 saturated heterocycles. The first-order valence-corrected chi connectivity index (χ1v) is 7.89. The Morgan fingerprint density at radius 2 is 2.10 bits per heavy atom. The van der Waals surface area contributed by atoms with Crippen molar-refractivity contribution in [2.75, 3.05) is 7.11 Å². The number of hydrogen-bond donors (Lipinski definition) is 1. The Morgan fingerprint density at radius 1 is 1.38 bits per heavy atom. The normalized spacial score (nSPS) is 12.5. The highest BCUT2D eigenvalue weighted by Gasteiger charge is 2.17. The molecular formula is C16H22BrN3O. The van der Waals surface area contributed by atoms with Gasteiger partial charge in [0.05, 0.1) is 19.3 Å². The minimum absolute atomic E-state index is 0.0486. The Kier molecular flexibility index (Phi) is 5.06. The van der Waals surface area contributed by atoms with E-state index in [0.717, 1.165) is 39.2 Å². The topological polar surface area (TPSA) is 53.1 Å². The maximum Gasteiger partial charge on any atom is 0.119 e. The van der Waals surface area contributed by atoms with E-state index < -0.39 is 0 Å². The third-order valence-corrected chi connectivity index (χ3v) is 4.59. The molecule has 0 saturated carbocycles. The van der Waals surface area contributed by atoms with Crippen LogP contribution in [0.25, 0.3) is 0 Å². The number of nitrogens with two attached hydrogens (primary N) is 1. The lowest BCUT2D eigenvalue weighted by Crippen LogP contribution is -2.11. The Labute approximate surface area is 134 Å². The number of aryl methyl sites for hydroxylation is 1. The van der Waals surface area contributed by atoms with Crippen LogP contribution in [0, 0.1) is 13.8 Å². The Morgan fingerprint density at radius 3 is 2.71 bits per heavy atom. The number of ether oxygens (including phenoxy) is 1. The smallest absolute Gasteiger partial charge is 0.119 e. The van der Waals surface area contributed by atoms with Gasteiger partial charge in [-0.15, -0.1) is 0 Å². The molecule has 0 amide bonds. The lowest BCUT2D eigenvalue weighted by molar-refractivity contribution is 0.414. The second-order valence-corrected chi connectivity index (χ2v) is 6.07. The molecule has 2 N–H and O–H groups in total. The molecule has 0 aliphatic carbocycles. The standard InChI is InChI=1S/C16H22BrN3O/c1-5-15(18)16-10(2)19-20(11(16)3)9-12-8-13(21-4)6-7-14(12)17/h6-8,15H,5,9,18H2,1-4H3. The highest BCUT2D eigenvalue weighted by atomic mass is 79.9. The quantitative estimate of drug-likeness (QED) is 0.892. The van der Waals surface area contributed by atoms with Gasteiger partial charge in [0.2, 0.25) is 0 Å². The van der Waals surface area contributed by atoms with Crippen molar-refractivity contribution in [3.8, 4) is 5.75 Å². The van der Waals surface area contributed by atoms with Gasteiger partial charge in [0.15, 0.2) is 0 Å². The molecule has 21 heavy (non-hydrogen) atoms. The van der Waals surface area contributed by atoms with Gasteiger partial charge < -0.3 is 10.5 Å². The Balaban J connectivity index is 2.36. The molecule has 1 aromatic heterocycles. The number of methoxy groups -OCH3 is 1. The van der Waals surface area contributed by atoms with Crippen molar-refractivity contribution in [1.29, 1.82) is 0 Å². The third kappa shape index (κ3) is 3.30. The summed E-state index contributed by atoms with van der Waals surface area (Å²) in [5.74, 6) is 0.847. The van der Waals surface area contributed by atoms with E-state index in [2.05, 4.69) is 34.9 Å². The summed E-state index contributed by atoms with van der Waals surface area (Å²) in [7, 11) is 1.68. The maximum absolute atomic E-state index is 6.20. The molecule has 0 radical (unpaired) electrons. The summed E-state index contributed by atoms with van der Waals surface area (Å²) in [6.45, 7) is 6.90. The molecule has 2 aromatic rings. The van der Waals surface area contributed by atoms with Gasteiger partial charge in [0.1, 0.15) is 5.75 Å². The van der Waals surface area contributed by atoms with Crippen molar-refractivity contribution in [3.05, 3.63) is 45.2 Å². The monoisotopic (exact) mass is 351 g/mol. The summed E-state index contributed by atoms with van der Waals surface area (Å²) in [6, 6.07) is 6.01. The van der Waals surface area contributed by atoms with Crippen molar-refractivity contribution >= 4 is 15.9 Å². The molecular weight excluding hydrogens is 330 g/mol. The zero-order valence-electron chi connectivity index (χ0n) is 13.0. The molecule has 0 bridgehead atoms. The summed E-state index contributed by atoms with van der Waals surface area (Å²) in [5.41, 5.74) is 10.6. The number of hydrogen-bond acceptors (Lipinski definition) is 3. The van der Waals surface area contributed by atoms with Crippen molar-refractivity contribution in [3.63, 3.8) is 0 Å². The molecule has 1 heterocycles. The summed E-state index contributed by atoms with van der Waals surface area (Å²) in [6.07, 6.45) is 0.913. The predicted octanol–water partition coefficient (Wildman–Crippen LogP) is 3.73. The van der Waals surface area contributed by atoms with Crippen LogP contribution in [-0.4, -0.2) is 16.9 Å². The minimum Gasteiger partial charge on any atom is -0.497 e. The zero-order valence-corrected chi connectivity index (χ0v) is 14.6. The number of aromatic nitrogens is 2. The highest BCUT2D eigenvalue weighted by molar-refractivity contribution is 9.10. The Bertz CT molecular complexity index is 637. The van der Waals surface area contributed by atoms with Crippen LogP contribution in [0.2, 0.25) is 0 Å². The van der Waals surface area contributed by atoms with Crippen LogP contribution in [0.15, 0.2) is 22.7 Å². The van der Waals surface area contributed by atoms with Crippen LogP contribution < -0.4 is 10.5 Å². The minimum atomic E-state index is 0.0486. The fourth-order valence-corrected chi connectivity index (χ4v) is 2.94. The molecule has 0 fully saturated rings. The lowest BCUT2D eigenvalue weighted by atomic mass is 10.0. The van der Waals surface area contributed by atoms with E-state index in [1.807, 2.05) is 29.8 Å². The van der Waals surface area contributed by atoms with Gasteiger partial charge in [0, 0.05) is 21.8 Å². The van der Waals surface area contributed by atoms with E-state index in [9.17, 15) is 0 Å². The third-order valence-electron chi connectivity index (χ3n) is 3.82. The molecule has 0 spiro atoms. The first-order chi connectivity index (χ1) is 9.97. The molecule has 1 unspecified atom stereocenters. The van der Waals surface area contributed by atoms with E-state index in [0.29, 0.717) is 6.54 Å². The molecule has 0 aliphatic rings. The van der Waals surface area contributed by atoms with Crippen LogP contribution in [0.5, 0.6) is 5.75 Å². The van der Waals surface area contributed by atoms with Gasteiger partial charge in [-0.3, -0.25) is 4.68 Å². The highest BCUT2D eigenvalue weighted by Crippen LogP contribution is 2.26. The second kappa shape index (κ2) is 6.62. The van der Waals surface area contributed by atoms with Crippen LogP contribution in [0.3, 0.4) is 0 Å². The molecule has 0 aliphatic heterocycles. The molecule has 1 aromatic carbocycles. The fourth-order valence-electron chi connectivity index (χ4n) is 2.57. The molecule has 5 heteroatoms. The van der Waals surface area contributed by atoms with Crippen molar-refractivity contribution in [1.82, 2.24) is 9.78 Å². The van der Waals surface area contributed by atoms with E-state index in [1.165, 1.54) is 0 Å². The number of benzene rings is 1. The summed E-state index contributed by atoms with van der Waals surface area (Å²) >= 11 is 3.59. The number of nitrogens with zero attached hydrogens (tertiary/aromatic N) is 2. The molecule has 114 valence electrons. The fraction of sp³-hybridized carbons (Fsp3) is 0.438. The average Bonchev–Trinajstić information content (AvgIpc) is 2.75. The van der Waals surface area contributed by atoms with E-state index in [-0.39, 0.29) is 6.04 Å². The van der Waals surface area contributed by atoms with Crippen LogP contribution >= 0.6 is 15.9 Å². The zero-order chi connectivity index (χ0) is 15.6. The van der Waals surface area contributed by atoms with Crippen molar-refractivity contribution in [2.24, 2.45) is 5.73 Å². The van der Waals surface area contributed by atoms with Crippen molar-refractivity contribution in [2.45, 2.75) is 39.8 Å². The van der Waals surface area contributed by atoms with E-state index in [4.69, 9.17) is 10.5 Å². The van der Waals surface area contributed by atoms with Crippen molar-refractivity contribution < 1.29 is 4.74 Å². The lowest BCUT2D eigenvalue weighted by Gasteiger charge is -2.11. The largest absolute Gasteiger partial charge is 0.497 e.